The van der Waals surface area contributed by atoms with Crippen molar-refractivity contribution in [3.8, 4) is 0 Å². The van der Waals surface area contributed by atoms with Crippen LogP contribution < -0.4 is 4.90 Å². The normalized spacial score (nSPS) is 19.0. The van der Waals surface area contributed by atoms with E-state index in [1.807, 2.05) is 51.7 Å². The Bertz CT molecular complexity index is 580. The zero-order valence-corrected chi connectivity index (χ0v) is 14.2. The molecular formula is C18H26N2O2. The number of piperazine rings is 1. The molecular weight excluding hydrogens is 276 g/mol. The Morgan fingerprint density at radius 1 is 1.27 bits per heavy atom. The molecule has 1 saturated heterocycles. The third kappa shape index (κ3) is 3.32. The maximum atomic E-state index is 12.7. The molecule has 0 spiro atoms. The summed E-state index contributed by atoms with van der Waals surface area (Å²) in [5, 5.41) is 0. The first kappa shape index (κ1) is 16.5. The van der Waals surface area contributed by atoms with Gasteiger partial charge in [0.2, 0.25) is 11.8 Å². The lowest BCUT2D eigenvalue weighted by molar-refractivity contribution is -0.141. The van der Waals surface area contributed by atoms with Crippen LogP contribution in [0.3, 0.4) is 0 Å². The van der Waals surface area contributed by atoms with E-state index in [9.17, 15) is 9.59 Å². The fraction of sp³-hybridized carbons (Fsp3) is 0.556. The number of carbonyl (C=O) groups excluding carboxylic acids is 2. The second-order valence-electron chi connectivity index (χ2n) is 6.64. The summed E-state index contributed by atoms with van der Waals surface area (Å²) in [5.41, 5.74) is 3.19. The lowest BCUT2D eigenvalue weighted by Crippen LogP contribution is -2.58. The van der Waals surface area contributed by atoms with Crippen LogP contribution in [0.2, 0.25) is 0 Å². The first-order chi connectivity index (χ1) is 10.3. The number of anilines is 1. The molecule has 2 rings (SSSR count). The van der Waals surface area contributed by atoms with Crippen LogP contribution in [-0.4, -0.2) is 35.8 Å². The van der Waals surface area contributed by atoms with E-state index in [-0.39, 0.29) is 17.9 Å². The molecule has 0 bridgehead atoms. The third-order valence-electron chi connectivity index (χ3n) is 4.21. The smallest absolute Gasteiger partial charge is 0.249 e. The monoisotopic (exact) mass is 302 g/mol. The number of aryl methyl sites for hydroxylation is 2. The summed E-state index contributed by atoms with van der Waals surface area (Å²) in [6, 6.07) is 5.75. The maximum absolute atomic E-state index is 12.7. The summed E-state index contributed by atoms with van der Waals surface area (Å²) in [6.07, 6.45) is 0.501. The molecule has 0 radical (unpaired) electrons. The van der Waals surface area contributed by atoms with Gasteiger partial charge < -0.3 is 9.80 Å². The number of carbonyl (C=O) groups is 2. The fourth-order valence-corrected chi connectivity index (χ4v) is 2.93. The molecule has 2 amide bonds. The van der Waals surface area contributed by atoms with Crippen molar-refractivity contribution < 1.29 is 9.59 Å². The number of amides is 2. The number of hydrogen-bond acceptors (Lipinski definition) is 2. The summed E-state index contributed by atoms with van der Waals surface area (Å²) in [5.74, 6) is 0.403. The van der Waals surface area contributed by atoms with E-state index in [2.05, 4.69) is 6.07 Å². The second-order valence-corrected chi connectivity index (χ2v) is 6.64. The molecule has 1 atom stereocenters. The largest absolute Gasteiger partial charge is 0.329 e. The van der Waals surface area contributed by atoms with Crippen LogP contribution in [0.4, 0.5) is 5.69 Å². The van der Waals surface area contributed by atoms with E-state index in [0.717, 1.165) is 16.8 Å². The average molecular weight is 302 g/mol. The van der Waals surface area contributed by atoms with E-state index >= 15 is 0 Å². The van der Waals surface area contributed by atoms with Gasteiger partial charge in [-0.05, 0) is 43.9 Å². The Kier molecular flexibility index (Phi) is 4.89. The highest BCUT2D eigenvalue weighted by atomic mass is 16.2. The van der Waals surface area contributed by atoms with E-state index in [1.165, 1.54) is 0 Å². The van der Waals surface area contributed by atoms with Gasteiger partial charge in [-0.2, -0.15) is 0 Å². The van der Waals surface area contributed by atoms with Gasteiger partial charge in [0.05, 0.1) is 0 Å². The maximum Gasteiger partial charge on any atom is 0.249 e. The van der Waals surface area contributed by atoms with Crippen molar-refractivity contribution in [2.24, 2.45) is 5.92 Å². The number of hydrogen-bond donors (Lipinski definition) is 0. The Morgan fingerprint density at radius 3 is 2.59 bits per heavy atom. The van der Waals surface area contributed by atoms with Gasteiger partial charge in [0.1, 0.15) is 6.04 Å². The van der Waals surface area contributed by atoms with Gasteiger partial charge in [0, 0.05) is 25.2 Å². The third-order valence-corrected chi connectivity index (χ3v) is 4.21. The van der Waals surface area contributed by atoms with Crippen LogP contribution in [0.25, 0.3) is 0 Å². The molecule has 0 N–H and O–H groups in total. The summed E-state index contributed by atoms with van der Waals surface area (Å²) in [4.78, 5) is 28.6. The zero-order valence-electron chi connectivity index (χ0n) is 14.2. The van der Waals surface area contributed by atoms with Crippen molar-refractivity contribution in [1.29, 1.82) is 0 Å². The first-order valence-corrected chi connectivity index (χ1v) is 7.99. The van der Waals surface area contributed by atoms with E-state index in [1.54, 1.807) is 4.90 Å². The first-order valence-electron chi connectivity index (χ1n) is 7.99. The molecule has 0 saturated carbocycles. The minimum atomic E-state index is -0.389. The van der Waals surface area contributed by atoms with Crippen LogP contribution in [0.1, 0.15) is 38.3 Å². The highest BCUT2D eigenvalue weighted by molar-refractivity contribution is 6.00. The predicted octanol–water partition coefficient (Wildman–Crippen LogP) is 2.91. The van der Waals surface area contributed by atoms with Crippen LogP contribution in [-0.2, 0) is 9.59 Å². The highest BCUT2D eigenvalue weighted by Crippen LogP contribution is 2.25. The molecule has 1 aliphatic heterocycles. The zero-order chi connectivity index (χ0) is 16.4. The highest BCUT2D eigenvalue weighted by Gasteiger charge is 2.35. The predicted molar refractivity (Wildman–Crippen MR) is 88.9 cm³/mol. The Labute approximate surface area is 133 Å². The number of benzene rings is 1. The van der Waals surface area contributed by atoms with Crippen molar-refractivity contribution in [3.05, 3.63) is 29.3 Å². The Hall–Kier alpha value is -1.84. The van der Waals surface area contributed by atoms with Gasteiger partial charge in [0.15, 0.2) is 0 Å². The molecule has 4 nitrogen and oxygen atoms in total. The molecule has 1 unspecified atom stereocenters. The van der Waals surface area contributed by atoms with Crippen LogP contribution in [0.15, 0.2) is 18.2 Å². The van der Waals surface area contributed by atoms with Crippen molar-refractivity contribution in [1.82, 2.24) is 4.90 Å². The lowest BCUT2D eigenvalue weighted by atomic mass is 10.0. The summed E-state index contributed by atoms with van der Waals surface area (Å²) < 4.78 is 0. The molecule has 1 fully saturated rings. The Morgan fingerprint density at radius 2 is 1.95 bits per heavy atom. The molecule has 0 aliphatic carbocycles. The number of nitrogens with zero attached hydrogens (tertiary/aromatic N) is 2. The van der Waals surface area contributed by atoms with Gasteiger partial charge in [-0.25, -0.2) is 0 Å². The quantitative estimate of drug-likeness (QED) is 0.861. The van der Waals surface area contributed by atoms with Crippen LogP contribution >= 0.6 is 0 Å². The molecule has 120 valence electrons. The van der Waals surface area contributed by atoms with Crippen molar-refractivity contribution in [3.63, 3.8) is 0 Å². The van der Waals surface area contributed by atoms with Gasteiger partial charge in [0.25, 0.3) is 0 Å². The van der Waals surface area contributed by atoms with Crippen LogP contribution in [0.5, 0.6) is 0 Å². The minimum Gasteiger partial charge on any atom is -0.329 e. The standard InChI is InChI=1S/C18H26N2O2/c1-12(2)10-17(21)19-8-9-20(18(22)15(19)5)16-11-13(3)6-7-14(16)4/h6-7,11-12,15H,8-10H2,1-5H3. The van der Waals surface area contributed by atoms with Gasteiger partial charge >= 0.3 is 0 Å². The van der Waals surface area contributed by atoms with Gasteiger partial charge in [-0.3, -0.25) is 9.59 Å². The molecule has 22 heavy (non-hydrogen) atoms. The van der Waals surface area contributed by atoms with E-state index in [0.29, 0.717) is 25.4 Å². The summed E-state index contributed by atoms with van der Waals surface area (Å²) >= 11 is 0. The van der Waals surface area contributed by atoms with Gasteiger partial charge in [-0.15, -0.1) is 0 Å². The van der Waals surface area contributed by atoms with Crippen molar-refractivity contribution in [2.45, 2.75) is 47.1 Å². The Balaban J connectivity index is 2.19. The van der Waals surface area contributed by atoms with E-state index in [4.69, 9.17) is 0 Å². The number of rotatable bonds is 3. The fourth-order valence-electron chi connectivity index (χ4n) is 2.93. The molecule has 0 aromatic heterocycles. The lowest BCUT2D eigenvalue weighted by Gasteiger charge is -2.40. The SMILES string of the molecule is Cc1ccc(C)c(N2CCN(C(=O)CC(C)C)C(C)C2=O)c1. The summed E-state index contributed by atoms with van der Waals surface area (Å²) in [6.45, 7) is 11.1. The second kappa shape index (κ2) is 6.51. The summed E-state index contributed by atoms with van der Waals surface area (Å²) in [7, 11) is 0. The molecule has 1 aliphatic rings. The molecule has 1 aromatic carbocycles. The topological polar surface area (TPSA) is 40.6 Å². The molecule has 1 aromatic rings. The van der Waals surface area contributed by atoms with E-state index < -0.39 is 0 Å². The molecule has 4 heteroatoms. The average Bonchev–Trinajstić information content (AvgIpc) is 2.44. The van der Waals surface area contributed by atoms with Crippen LogP contribution in [0, 0.1) is 19.8 Å². The van der Waals surface area contributed by atoms with Gasteiger partial charge in [-0.1, -0.05) is 26.0 Å². The van der Waals surface area contributed by atoms with Crippen molar-refractivity contribution >= 4 is 17.5 Å². The molecule has 1 heterocycles. The minimum absolute atomic E-state index is 0.0112. The van der Waals surface area contributed by atoms with Crippen molar-refractivity contribution in [2.75, 3.05) is 18.0 Å².